The van der Waals surface area contributed by atoms with Crippen LogP contribution in [0, 0.1) is 0 Å². The number of benzene rings is 2. The van der Waals surface area contributed by atoms with Crippen LogP contribution in [0.15, 0.2) is 54.9 Å². The van der Waals surface area contributed by atoms with Crippen molar-refractivity contribution in [2.24, 2.45) is 0 Å². The number of aliphatic hydroxyl groups excluding tert-OH is 1. The Balaban J connectivity index is 1.53. The molecule has 0 spiro atoms. The molecule has 44 heavy (non-hydrogen) atoms. The van der Waals surface area contributed by atoms with Gasteiger partial charge >= 0.3 is 11.9 Å². The number of aliphatic hydroxyl groups is 1. The van der Waals surface area contributed by atoms with Crippen LogP contribution in [0.3, 0.4) is 0 Å². The third kappa shape index (κ3) is 6.58. The molecular formula is C29H32N8O7. The summed E-state index contributed by atoms with van der Waals surface area (Å²) in [5.41, 5.74) is 2.92. The molecule has 15 nitrogen and oxygen atoms in total. The highest BCUT2D eigenvalue weighted by Gasteiger charge is 2.26. The van der Waals surface area contributed by atoms with Crippen LogP contribution in [0.25, 0.3) is 22.5 Å². The molecule has 1 fully saturated rings. The number of aromatic nitrogens is 6. The zero-order valence-corrected chi connectivity index (χ0v) is 24.2. The molecule has 0 aliphatic carbocycles. The highest BCUT2D eigenvalue weighted by molar-refractivity contribution is 5.97. The van der Waals surface area contributed by atoms with Gasteiger partial charge in [0.1, 0.15) is 17.1 Å². The number of hydrogen-bond acceptors (Lipinski definition) is 12. The number of esters is 2. The Morgan fingerprint density at radius 1 is 0.864 bits per heavy atom. The van der Waals surface area contributed by atoms with Gasteiger partial charge in [-0.05, 0) is 35.9 Å². The fraction of sp³-hybridized carbons (Fsp3) is 0.345. The monoisotopic (exact) mass is 604 g/mol. The zero-order chi connectivity index (χ0) is 31.2. The lowest BCUT2D eigenvalue weighted by atomic mass is 10.0. The van der Waals surface area contributed by atoms with Crippen molar-refractivity contribution in [1.82, 2.24) is 40.2 Å². The van der Waals surface area contributed by atoms with Crippen molar-refractivity contribution in [3.8, 4) is 28.3 Å². The second-order valence-electron chi connectivity index (χ2n) is 10.1. The molecule has 0 radical (unpaired) electrons. The number of methoxy groups -OCH3 is 2. The lowest BCUT2D eigenvalue weighted by Crippen LogP contribution is -2.46. The second-order valence-corrected chi connectivity index (χ2v) is 10.1. The summed E-state index contributed by atoms with van der Waals surface area (Å²) in [5, 5.41) is 39.3. The number of aromatic hydroxyl groups is 1. The molecule has 1 saturated heterocycles. The lowest BCUT2D eigenvalue weighted by molar-refractivity contribution is -0.146. The molecule has 2 aromatic heterocycles. The van der Waals surface area contributed by atoms with Crippen LogP contribution in [0.5, 0.6) is 5.75 Å². The van der Waals surface area contributed by atoms with E-state index in [2.05, 4.69) is 25.9 Å². The number of nitrogens with one attached hydrogen (secondary N) is 1. The Morgan fingerprint density at radius 3 is 1.95 bits per heavy atom. The van der Waals surface area contributed by atoms with E-state index in [0.29, 0.717) is 54.3 Å². The Labute approximate surface area is 252 Å². The molecule has 3 heterocycles. The van der Waals surface area contributed by atoms with Crippen LogP contribution in [0.4, 0.5) is 0 Å². The Morgan fingerprint density at radius 2 is 1.41 bits per heavy atom. The minimum atomic E-state index is -1.09. The third-order valence-corrected chi connectivity index (χ3v) is 7.32. The number of amides is 1. The maximum absolute atomic E-state index is 13.6. The number of rotatable bonds is 10. The number of ether oxygens (including phenoxy) is 2. The van der Waals surface area contributed by atoms with E-state index in [1.54, 1.807) is 41.4 Å². The summed E-state index contributed by atoms with van der Waals surface area (Å²) in [7, 11) is 2.50. The molecular weight excluding hydrogens is 572 g/mol. The van der Waals surface area contributed by atoms with Gasteiger partial charge in [-0.25, -0.2) is 19.0 Å². The second kappa shape index (κ2) is 13.4. The van der Waals surface area contributed by atoms with Gasteiger partial charge < -0.3 is 29.9 Å². The lowest BCUT2D eigenvalue weighted by Gasteiger charge is -2.27. The van der Waals surface area contributed by atoms with E-state index < -0.39 is 30.6 Å². The van der Waals surface area contributed by atoms with Crippen molar-refractivity contribution in [3.05, 3.63) is 66.0 Å². The average molecular weight is 605 g/mol. The van der Waals surface area contributed by atoms with E-state index >= 15 is 0 Å². The molecule has 1 amide bonds. The van der Waals surface area contributed by atoms with Crippen molar-refractivity contribution >= 4 is 17.8 Å². The van der Waals surface area contributed by atoms with Crippen molar-refractivity contribution in [1.29, 1.82) is 0 Å². The van der Waals surface area contributed by atoms with Crippen LogP contribution in [-0.2, 0) is 25.5 Å². The standard InChI is InChI=1S/C29H32N8O7/c1-43-28(41)25(11-18-3-5-22(39)6-4-18)36-15-23(31-33-36)19-12-20(14-21(13-19)27(40)35-9-7-30-8-10-35)24-16-37(34-32-24)26(17-38)29(42)44-2/h3-6,12-16,25-26,30,38-39H,7-11,17H2,1-2H3/t25-,26+/m1/s1. The first-order valence-electron chi connectivity index (χ1n) is 13.8. The summed E-state index contributed by atoms with van der Waals surface area (Å²) in [4.78, 5) is 40.2. The van der Waals surface area contributed by atoms with Crippen LogP contribution < -0.4 is 5.32 Å². The van der Waals surface area contributed by atoms with E-state index in [1.807, 2.05) is 0 Å². The van der Waals surface area contributed by atoms with Crippen molar-refractivity contribution in [3.63, 3.8) is 0 Å². The van der Waals surface area contributed by atoms with Crippen LogP contribution in [0.2, 0.25) is 0 Å². The van der Waals surface area contributed by atoms with Crippen LogP contribution in [-0.4, -0.2) is 110 Å². The SMILES string of the molecule is COC(=O)[C@@H](Cc1ccc(O)cc1)n1cc(-c2cc(C(=O)N3CCNCC3)cc(-c3cn([C@@H](CO)C(=O)OC)nn3)c2)nn1. The summed E-state index contributed by atoms with van der Waals surface area (Å²) in [6.07, 6.45) is 3.31. The number of piperazine rings is 1. The van der Waals surface area contributed by atoms with Crippen molar-refractivity contribution in [2.75, 3.05) is 47.0 Å². The van der Waals surface area contributed by atoms with Crippen LogP contribution in [0.1, 0.15) is 28.0 Å². The molecule has 1 aliphatic rings. The van der Waals surface area contributed by atoms with E-state index in [9.17, 15) is 24.6 Å². The Bertz CT molecular complexity index is 1630. The molecule has 0 bridgehead atoms. The summed E-state index contributed by atoms with van der Waals surface area (Å²) < 4.78 is 12.4. The maximum Gasteiger partial charge on any atom is 0.333 e. The van der Waals surface area contributed by atoms with Gasteiger partial charge in [-0.2, -0.15) is 0 Å². The summed E-state index contributed by atoms with van der Waals surface area (Å²) in [5.74, 6) is -1.29. The van der Waals surface area contributed by atoms with Gasteiger partial charge in [0.15, 0.2) is 12.1 Å². The Kier molecular flexibility index (Phi) is 9.26. The van der Waals surface area contributed by atoms with Gasteiger partial charge in [-0.3, -0.25) is 4.79 Å². The molecule has 2 atom stereocenters. The predicted molar refractivity (Wildman–Crippen MR) is 154 cm³/mol. The highest BCUT2D eigenvalue weighted by atomic mass is 16.5. The number of carbonyl (C=O) groups excluding carboxylic acids is 3. The normalized spacial score (nSPS) is 14.6. The molecule has 230 valence electrons. The molecule has 1 aliphatic heterocycles. The number of carbonyl (C=O) groups is 3. The molecule has 0 saturated carbocycles. The third-order valence-electron chi connectivity index (χ3n) is 7.32. The topological polar surface area (TPSA) is 187 Å². The first-order valence-corrected chi connectivity index (χ1v) is 13.8. The maximum atomic E-state index is 13.6. The molecule has 4 aromatic rings. The quantitative estimate of drug-likeness (QED) is 0.215. The predicted octanol–water partition coefficient (Wildman–Crippen LogP) is 0.618. The highest BCUT2D eigenvalue weighted by Crippen LogP contribution is 2.29. The number of nitrogens with zero attached hydrogens (tertiary/aromatic N) is 7. The van der Waals surface area contributed by atoms with E-state index in [4.69, 9.17) is 9.47 Å². The first-order chi connectivity index (χ1) is 21.3. The molecule has 15 heteroatoms. The molecule has 0 unspecified atom stereocenters. The first kappa shape index (κ1) is 30.3. The summed E-state index contributed by atoms with van der Waals surface area (Å²) >= 11 is 0. The molecule has 2 aromatic carbocycles. The number of phenols is 1. The van der Waals surface area contributed by atoms with Gasteiger partial charge in [0.2, 0.25) is 0 Å². The fourth-order valence-electron chi connectivity index (χ4n) is 4.90. The number of phenolic OH excluding ortho intramolecular Hbond substituents is 1. The zero-order valence-electron chi connectivity index (χ0n) is 24.2. The van der Waals surface area contributed by atoms with Gasteiger partial charge in [0.05, 0.1) is 33.2 Å². The fourth-order valence-corrected chi connectivity index (χ4v) is 4.90. The van der Waals surface area contributed by atoms with Gasteiger partial charge in [-0.15, -0.1) is 10.2 Å². The van der Waals surface area contributed by atoms with E-state index in [0.717, 1.165) is 5.56 Å². The Hall–Kier alpha value is -5.15. The van der Waals surface area contributed by atoms with E-state index in [1.165, 1.54) is 41.9 Å². The minimum absolute atomic E-state index is 0.106. The van der Waals surface area contributed by atoms with Crippen LogP contribution >= 0.6 is 0 Å². The van der Waals surface area contributed by atoms with Gasteiger partial charge in [0, 0.05) is 49.3 Å². The molecule has 3 N–H and O–H groups in total. The summed E-state index contributed by atoms with van der Waals surface area (Å²) in [6, 6.07) is 9.67. The van der Waals surface area contributed by atoms with Gasteiger partial charge in [-0.1, -0.05) is 22.6 Å². The molecule has 5 rings (SSSR count). The average Bonchev–Trinajstić information content (AvgIpc) is 3.75. The minimum Gasteiger partial charge on any atom is -0.508 e. The largest absolute Gasteiger partial charge is 0.508 e. The van der Waals surface area contributed by atoms with E-state index in [-0.39, 0.29) is 18.1 Å². The van der Waals surface area contributed by atoms with Crippen molar-refractivity contribution < 1.29 is 34.1 Å². The summed E-state index contributed by atoms with van der Waals surface area (Å²) in [6.45, 7) is 1.89. The van der Waals surface area contributed by atoms with Crippen molar-refractivity contribution in [2.45, 2.75) is 18.5 Å². The number of hydrogen-bond donors (Lipinski definition) is 3. The van der Waals surface area contributed by atoms with Gasteiger partial charge in [0.25, 0.3) is 5.91 Å². The smallest absolute Gasteiger partial charge is 0.333 e.